The summed E-state index contributed by atoms with van der Waals surface area (Å²) in [5.74, 6) is -1.63. The lowest BCUT2D eigenvalue weighted by atomic mass is 9.95. The first-order valence-electron chi connectivity index (χ1n) is 4.32. The van der Waals surface area contributed by atoms with Gasteiger partial charge in [0.15, 0.2) is 6.10 Å². The Morgan fingerprint density at radius 3 is 2.00 bits per heavy atom. The normalized spacial score (nSPS) is 16.1. The molecule has 2 atom stereocenters. The summed E-state index contributed by atoms with van der Waals surface area (Å²) in [6.45, 7) is 1.24. The minimum absolute atomic E-state index is 0.251. The number of hydrogen-bond acceptors (Lipinski definition) is 1. The van der Waals surface area contributed by atoms with E-state index in [1.54, 1.807) is 0 Å². The van der Waals surface area contributed by atoms with E-state index in [4.69, 9.17) is 5.11 Å². The predicted molar refractivity (Wildman–Crippen MR) is 46.9 cm³/mol. The summed E-state index contributed by atoms with van der Waals surface area (Å²) in [5, 5.41) is 8.96. The zero-order valence-corrected chi connectivity index (χ0v) is 7.92. The Labute approximate surface area is 84.3 Å². The molecule has 0 aliphatic rings. The highest BCUT2D eigenvalue weighted by Gasteiger charge is 2.42. The van der Waals surface area contributed by atoms with Gasteiger partial charge in [-0.3, -0.25) is 0 Å². The fourth-order valence-electron chi connectivity index (χ4n) is 1.23. The van der Waals surface area contributed by atoms with Crippen molar-refractivity contribution < 1.29 is 22.7 Å². The van der Waals surface area contributed by atoms with Crippen LogP contribution in [0.3, 0.4) is 0 Å². The van der Waals surface area contributed by atoms with E-state index in [1.165, 1.54) is 19.1 Å². The van der Waals surface area contributed by atoms with Crippen molar-refractivity contribution in [3.63, 3.8) is 0 Å². The van der Waals surface area contributed by atoms with Gasteiger partial charge in [-0.15, -0.1) is 0 Å². The third kappa shape index (κ3) is 2.92. The van der Waals surface area contributed by atoms with Crippen LogP contribution in [0, 0.1) is 5.82 Å². The Balaban J connectivity index is 2.85. The van der Waals surface area contributed by atoms with Crippen molar-refractivity contribution in [1.29, 1.82) is 0 Å². The number of hydrogen-bond donors (Lipinski definition) is 1. The average Bonchev–Trinajstić information content (AvgIpc) is 2.15. The Kier molecular flexibility index (Phi) is 3.34. The van der Waals surface area contributed by atoms with E-state index in [1.807, 2.05) is 0 Å². The fraction of sp³-hybridized carbons (Fsp3) is 0.400. The minimum atomic E-state index is -4.66. The van der Waals surface area contributed by atoms with Gasteiger partial charge in [-0.2, -0.15) is 13.2 Å². The third-order valence-corrected chi connectivity index (χ3v) is 2.20. The van der Waals surface area contributed by atoms with Gasteiger partial charge in [-0.05, 0) is 17.7 Å². The molecule has 0 saturated carbocycles. The summed E-state index contributed by atoms with van der Waals surface area (Å²) >= 11 is 0. The van der Waals surface area contributed by atoms with Crippen LogP contribution in [0.15, 0.2) is 24.3 Å². The molecule has 1 rings (SSSR count). The van der Waals surface area contributed by atoms with Crippen molar-refractivity contribution in [3.05, 3.63) is 35.6 Å². The molecule has 1 nitrogen and oxygen atoms in total. The van der Waals surface area contributed by atoms with Gasteiger partial charge in [-0.25, -0.2) is 4.39 Å². The summed E-state index contributed by atoms with van der Waals surface area (Å²) in [7, 11) is 0. The van der Waals surface area contributed by atoms with Crippen LogP contribution in [0.4, 0.5) is 17.6 Å². The highest BCUT2D eigenvalue weighted by molar-refractivity contribution is 5.21. The SMILES string of the molecule is CC(c1ccc(F)cc1)C(O)C(F)(F)F. The largest absolute Gasteiger partial charge is 0.414 e. The Morgan fingerprint density at radius 1 is 1.13 bits per heavy atom. The quantitative estimate of drug-likeness (QED) is 0.763. The molecule has 1 aromatic rings. The molecular formula is C10H10F4O. The predicted octanol–water partition coefficient (Wildman–Crippen LogP) is 2.85. The molecule has 0 aromatic heterocycles. The molecule has 0 amide bonds. The van der Waals surface area contributed by atoms with Crippen LogP contribution in [0.2, 0.25) is 0 Å². The molecule has 5 heteroatoms. The number of halogens is 4. The van der Waals surface area contributed by atoms with Crippen molar-refractivity contribution in [2.45, 2.75) is 25.1 Å². The van der Waals surface area contributed by atoms with E-state index in [0.29, 0.717) is 0 Å². The highest BCUT2D eigenvalue weighted by atomic mass is 19.4. The average molecular weight is 222 g/mol. The topological polar surface area (TPSA) is 20.2 Å². The van der Waals surface area contributed by atoms with Gasteiger partial charge in [0, 0.05) is 5.92 Å². The van der Waals surface area contributed by atoms with Gasteiger partial charge < -0.3 is 5.11 Å². The molecule has 1 aromatic carbocycles. The molecule has 0 aliphatic heterocycles. The van der Waals surface area contributed by atoms with E-state index < -0.39 is 24.0 Å². The number of benzene rings is 1. The maximum Gasteiger partial charge on any atom is 0.414 e. The maximum absolute atomic E-state index is 12.5. The summed E-state index contributed by atoms with van der Waals surface area (Å²) in [4.78, 5) is 0. The second kappa shape index (κ2) is 4.18. The molecule has 1 N–H and O–H groups in total. The smallest absolute Gasteiger partial charge is 0.383 e. The summed E-state index contributed by atoms with van der Waals surface area (Å²) in [6.07, 6.45) is -7.09. The molecule has 84 valence electrons. The molecular weight excluding hydrogens is 212 g/mol. The molecule has 0 fully saturated rings. The summed E-state index contributed by atoms with van der Waals surface area (Å²) in [6, 6.07) is 4.59. The van der Waals surface area contributed by atoms with Gasteiger partial charge in [0.25, 0.3) is 0 Å². The van der Waals surface area contributed by atoms with E-state index in [2.05, 4.69) is 0 Å². The monoisotopic (exact) mass is 222 g/mol. The molecule has 0 saturated heterocycles. The first-order chi connectivity index (χ1) is 6.82. The van der Waals surface area contributed by atoms with Crippen molar-refractivity contribution in [1.82, 2.24) is 0 Å². The zero-order valence-electron chi connectivity index (χ0n) is 7.92. The molecule has 0 bridgehead atoms. The minimum Gasteiger partial charge on any atom is -0.383 e. The van der Waals surface area contributed by atoms with E-state index in [-0.39, 0.29) is 5.56 Å². The lowest BCUT2D eigenvalue weighted by Gasteiger charge is -2.21. The van der Waals surface area contributed by atoms with Crippen LogP contribution in [0.1, 0.15) is 18.4 Å². The molecule has 0 radical (unpaired) electrons. The molecule has 0 aliphatic carbocycles. The second-order valence-corrected chi connectivity index (χ2v) is 3.33. The molecule has 2 unspecified atom stereocenters. The fourth-order valence-corrected chi connectivity index (χ4v) is 1.23. The van der Waals surface area contributed by atoms with Crippen molar-refractivity contribution in [2.75, 3.05) is 0 Å². The van der Waals surface area contributed by atoms with Crippen molar-refractivity contribution >= 4 is 0 Å². The van der Waals surface area contributed by atoms with E-state index >= 15 is 0 Å². The lowest BCUT2D eigenvalue weighted by molar-refractivity contribution is -0.209. The van der Waals surface area contributed by atoms with Crippen molar-refractivity contribution in [2.24, 2.45) is 0 Å². The third-order valence-electron chi connectivity index (χ3n) is 2.20. The number of aliphatic hydroxyl groups is 1. The first kappa shape index (κ1) is 12.0. The first-order valence-corrected chi connectivity index (χ1v) is 4.32. The molecule has 15 heavy (non-hydrogen) atoms. The lowest BCUT2D eigenvalue weighted by Crippen LogP contribution is -2.33. The standard InChI is InChI=1S/C10H10F4O/c1-6(9(15)10(12,13)14)7-2-4-8(11)5-3-7/h2-6,9,15H,1H3. The second-order valence-electron chi connectivity index (χ2n) is 3.33. The number of aliphatic hydroxyl groups excluding tert-OH is 1. The molecule has 0 heterocycles. The highest BCUT2D eigenvalue weighted by Crippen LogP contribution is 2.31. The van der Waals surface area contributed by atoms with Crippen LogP contribution in [0.5, 0.6) is 0 Å². The Hall–Kier alpha value is -1.10. The van der Waals surface area contributed by atoms with Crippen LogP contribution in [-0.2, 0) is 0 Å². The number of alkyl halides is 3. The van der Waals surface area contributed by atoms with Gasteiger partial charge >= 0.3 is 6.18 Å². The maximum atomic E-state index is 12.5. The van der Waals surface area contributed by atoms with E-state index in [0.717, 1.165) is 12.1 Å². The van der Waals surface area contributed by atoms with E-state index in [9.17, 15) is 17.6 Å². The van der Waals surface area contributed by atoms with Crippen molar-refractivity contribution in [3.8, 4) is 0 Å². The van der Waals surface area contributed by atoms with Gasteiger partial charge in [0.1, 0.15) is 5.82 Å². The zero-order chi connectivity index (χ0) is 11.6. The Bertz CT molecular complexity index is 317. The van der Waals surface area contributed by atoms with Crippen LogP contribution < -0.4 is 0 Å². The summed E-state index contributed by atoms with van der Waals surface area (Å²) in [5.41, 5.74) is 0.251. The number of rotatable bonds is 2. The van der Waals surface area contributed by atoms with Crippen LogP contribution in [0.25, 0.3) is 0 Å². The molecule has 0 spiro atoms. The van der Waals surface area contributed by atoms with Gasteiger partial charge in [-0.1, -0.05) is 19.1 Å². The Morgan fingerprint density at radius 2 is 1.60 bits per heavy atom. The van der Waals surface area contributed by atoms with Crippen LogP contribution >= 0.6 is 0 Å². The van der Waals surface area contributed by atoms with Gasteiger partial charge in [0.05, 0.1) is 0 Å². The summed E-state index contributed by atoms with van der Waals surface area (Å²) < 4.78 is 48.9. The van der Waals surface area contributed by atoms with Gasteiger partial charge in [0.2, 0.25) is 0 Å². The van der Waals surface area contributed by atoms with Crippen LogP contribution in [-0.4, -0.2) is 17.4 Å².